The lowest BCUT2D eigenvalue weighted by Crippen LogP contribution is -2.56. The average Bonchev–Trinajstić information content (AvgIpc) is 3.11. The van der Waals surface area contributed by atoms with Gasteiger partial charge in [0.15, 0.2) is 5.78 Å². The quantitative estimate of drug-likeness (QED) is 0.174. The lowest BCUT2D eigenvalue weighted by Gasteiger charge is -2.54. The van der Waals surface area contributed by atoms with Crippen LogP contribution in [0.4, 0.5) is 0 Å². The van der Waals surface area contributed by atoms with Crippen LogP contribution in [0.3, 0.4) is 0 Å². The predicted octanol–water partition coefficient (Wildman–Crippen LogP) is 5.88. The van der Waals surface area contributed by atoms with Crippen molar-refractivity contribution in [2.45, 2.75) is 78.0 Å². The number of carbonyl (C=O) groups is 3. The van der Waals surface area contributed by atoms with Crippen LogP contribution < -0.4 is 20.7 Å². The molecule has 268 valence electrons. The number of ketones is 1. The summed E-state index contributed by atoms with van der Waals surface area (Å²) in [4.78, 5) is 39.3. The van der Waals surface area contributed by atoms with Gasteiger partial charge in [-0.2, -0.15) is 0 Å². The molecular weight excluding hydrogens is 630 g/mol. The molecule has 5 rings (SSSR count). The first-order chi connectivity index (χ1) is 24.1. The maximum Gasteiger partial charge on any atom is 0.251 e. The van der Waals surface area contributed by atoms with Gasteiger partial charge in [0.25, 0.3) is 5.91 Å². The third-order valence-corrected chi connectivity index (χ3v) is 10.2. The lowest BCUT2D eigenvalue weighted by atomic mass is 9.57. The molecule has 1 aliphatic heterocycles. The van der Waals surface area contributed by atoms with Crippen LogP contribution in [-0.4, -0.2) is 55.3 Å². The zero-order valence-corrected chi connectivity index (χ0v) is 30.1. The first-order valence-corrected chi connectivity index (χ1v) is 18.1. The fourth-order valence-corrected chi connectivity index (χ4v) is 7.86. The fraction of sp³-hybridized carbons (Fsp3) is 0.488. The molecule has 1 heterocycles. The van der Waals surface area contributed by atoms with E-state index >= 15 is 0 Å². The Morgan fingerprint density at radius 3 is 2.58 bits per heavy atom. The van der Waals surface area contributed by atoms with Crippen molar-refractivity contribution in [3.8, 4) is 5.75 Å². The van der Waals surface area contributed by atoms with Crippen molar-refractivity contribution >= 4 is 17.6 Å². The van der Waals surface area contributed by atoms with Crippen LogP contribution in [0.15, 0.2) is 78.0 Å². The summed E-state index contributed by atoms with van der Waals surface area (Å²) in [5.41, 5.74) is 5.43. The van der Waals surface area contributed by atoms with Gasteiger partial charge in [0, 0.05) is 43.0 Å². The average molecular weight is 684 g/mol. The van der Waals surface area contributed by atoms with Crippen molar-refractivity contribution < 1.29 is 29.0 Å². The Morgan fingerprint density at radius 1 is 1.10 bits per heavy atom. The maximum absolute atomic E-state index is 13.6. The molecule has 3 aliphatic rings. The minimum Gasteiger partial charge on any atom is -0.458 e. The fourth-order valence-electron chi connectivity index (χ4n) is 7.86. The predicted molar refractivity (Wildman–Crippen MR) is 194 cm³/mol. The molecule has 0 fully saturated rings. The number of methoxy groups -OCH3 is 1. The number of hydrogen-bond donors (Lipinski definition) is 4. The Morgan fingerprint density at radius 2 is 1.88 bits per heavy atom. The molecule has 2 aromatic rings. The van der Waals surface area contributed by atoms with Gasteiger partial charge < -0.3 is 30.5 Å². The molecule has 5 atom stereocenters. The molecule has 0 saturated carbocycles. The highest BCUT2D eigenvalue weighted by molar-refractivity contribution is 6.06. The Labute approximate surface area is 296 Å². The SMILES string of the molecule is CC/C=C(\CCCC1C=C2C(=O)C=C[C@@]3(OC)Oc4ccc(C(=O)NCc5ccc(C)cc5)cc4C([C@@H]1CC(C)C)[C@@H]23)NCC(=O)NCCO. The number of benzene rings is 2. The maximum atomic E-state index is 13.6. The minimum absolute atomic E-state index is 0.0261. The van der Waals surface area contributed by atoms with Crippen molar-refractivity contribution in [2.75, 3.05) is 26.8 Å². The molecule has 0 radical (unpaired) electrons. The normalized spacial score (nSPS) is 23.8. The van der Waals surface area contributed by atoms with Gasteiger partial charge in [-0.1, -0.05) is 62.8 Å². The Balaban J connectivity index is 1.44. The van der Waals surface area contributed by atoms with E-state index in [1.54, 1.807) is 25.3 Å². The summed E-state index contributed by atoms with van der Waals surface area (Å²) in [6, 6.07) is 13.8. The van der Waals surface area contributed by atoms with Gasteiger partial charge in [0.05, 0.1) is 19.1 Å². The highest BCUT2D eigenvalue weighted by atomic mass is 16.7. The second kappa shape index (κ2) is 16.7. The first kappa shape index (κ1) is 37.1. The number of ether oxygens (including phenoxy) is 2. The summed E-state index contributed by atoms with van der Waals surface area (Å²) in [7, 11) is 1.63. The van der Waals surface area contributed by atoms with Crippen LogP contribution in [0.1, 0.15) is 85.8 Å². The first-order valence-electron chi connectivity index (χ1n) is 18.1. The second-order valence-electron chi connectivity index (χ2n) is 14.2. The smallest absolute Gasteiger partial charge is 0.251 e. The minimum atomic E-state index is -1.12. The third kappa shape index (κ3) is 8.38. The summed E-state index contributed by atoms with van der Waals surface area (Å²) >= 11 is 0. The van der Waals surface area contributed by atoms with Gasteiger partial charge >= 0.3 is 0 Å². The van der Waals surface area contributed by atoms with Gasteiger partial charge in [-0.15, -0.1) is 0 Å². The molecule has 9 heteroatoms. The monoisotopic (exact) mass is 683 g/mol. The Hall–Kier alpha value is -4.21. The molecule has 0 aromatic heterocycles. The highest BCUT2D eigenvalue weighted by Gasteiger charge is 2.58. The molecule has 0 spiro atoms. The van der Waals surface area contributed by atoms with Crippen molar-refractivity contribution in [3.05, 3.63) is 100 Å². The van der Waals surface area contributed by atoms with Crippen molar-refractivity contribution in [2.24, 2.45) is 23.7 Å². The molecule has 2 aliphatic carbocycles. The van der Waals surface area contributed by atoms with E-state index in [0.717, 1.165) is 48.9 Å². The number of aliphatic hydroxyl groups excluding tert-OH is 1. The van der Waals surface area contributed by atoms with Gasteiger partial charge in [0.1, 0.15) is 5.75 Å². The van der Waals surface area contributed by atoms with E-state index in [4.69, 9.17) is 14.6 Å². The number of aryl methyl sites for hydroxylation is 1. The second-order valence-corrected chi connectivity index (χ2v) is 14.2. The van der Waals surface area contributed by atoms with Gasteiger partial charge in [0.2, 0.25) is 11.7 Å². The largest absolute Gasteiger partial charge is 0.458 e. The van der Waals surface area contributed by atoms with E-state index < -0.39 is 5.79 Å². The molecule has 4 N–H and O–H groups in total. The number of nitrogens with one attached hydrogen (secondary N) is 3. The van der Waals surface area contributed by atoms with E-state index in [-0.39, 0.29) is 61.0 Å². The van der Waals surface area contributed by atoms with Crippen molar-refractivity contribution in [1.82, 2.24) is 16.0 Å². The third-order valence-electron chi connectivity index (χ3n) is 10.2. The number of rotatable bonds is 16. The lowest BCUT2D eigenvalue weighted by molar-refractivity contribution is -0.180. The summed E-state index contributed by atoms with van der Waals surface area (Å²) < 4.78 is 12.8. The van der Waals surface area contributed by atoms with Crippen molar-refractivity contribution in [3.63, 3.8) is 0 Å². The van der Waals surface area contributed by atoms with E-state index in [1.165, 1.54) is 5.56 Å². The van der Waals surface area contributed by atoms with Crippen LogP contribution >= 0.6 is 0 Å². The van der Waals surface area contributed by atoms with Crippen LogP contribution in [-0.2, 0) is 20.9 Å². The van der Waals surface area contributed by atoms with Crippen molar-refractivity contribution in [1.29, 1.82) is 0 Å². The van der Waals surface area contributed by atoms with Crippen LogP contribution in [0.2, 0.25) is 0 Å². The molecule has 2 unspecified atom stereocenters. The summed E-state index contributed by atoms with van der Waals surface area (Å²) in [6.07, 6.45) is 11.9. The Kier molecular flexibility index (Phi) is 12.4. The molecule has 2 aromatic carbocycles. The molecule has 0 saturated heterocycles. The highest BCUT2D eigenvalue weighted by Crippen LogP contribution is 2.59. The summed E-state index contributed by atoms with van der Waals surface area (Å²) in [5.74, 6) is -0.575. The van der Waals surface area contributed by atoms with Gasteiger partial charge in [-0.05, 0) is 98.3 Å². The molecule has 2 amide bonds. The number of amides is 2. The van der Waals surface area contributed by atoms with Crippen LogP contribution in [0.5, 0.6) is 5.75 Å². The molecular formula is C41H53N3O6. The number of carbonyl (C=O) groups excluding carboxylic acids is 3. The topological polar surface area (TPSA) is 126 Å². The summed E-state index contributed by atoms with van der Waals surface area (Å²) in [6.45, 7) is 9.28. The van der Waals surface area contributed by atoms with Crippen LogP contribution in [0.25, 0.3) is 0 Å². The molecule has 50 heavy (non-hydrogen) atoms. The van der Waals surface area contributed by atoms with E-state index in [1.807, 2.05) is 43.3 Å². The van der Waals surface area contributed by atoms with Crippen LogP contribution in [0, 0.1) is 30.6 Å². The number of aliphatic hydroxyl groups is 1. The zero-order chi connectivity index (χ0) is 35.8. The molecule has 0 bridgehead atoms. The van der Waals surface area contributed by atoms with Gasteiger partial charge in [-0.3, -0.25) is 14.4 Å². The number of fused-ring (bicyclic) bond motifs is 2. The molecule has 9 nitrogen and oxygen atoms in total. The van der Waals surface area contributed by atoms with Gasteiger partial charge in [-0.25, -0.2) is 0 Å². The van der Waals surface area contributed by atoms with E-state index in [9.17, 15) is 14.4 Å². The zero-order valence-electron chi connectivity index (χ0n) is 30.1. The summed E-state index contributed by atoms with van der Waals surface area (Å²) in [5, 5.41) is 18.1. The number of hydrogen-bond acceptors (Lipinski definition) is 7. The van der Waals surface area contributed by atoms with E-state index in [2.05, 4.69) is 48.9 Å². The number of allylic oxidation sites excluding steroid dienone is 4. The standard InChI is InChI=1S/C41H53N3O6/c1-6-8-31(43-25-37(47)42-19-20-45)10-7-9-29-22-33-35(46)17-18-41(49-5)39(33)38(32(29)21-26(2)3)34-23-30(15-16-36(34)50-41)40(48)44-24-28-13-11-27(4)12-14-28/h8,11-18,22-23,26,29,32,38-39,43,45H,6-7,9-10,19-21,24-25H2,1-5H3,(H,42,47)(H,44,48)/b31-8+/t29?,32-,38?,39-,41-/m1/s1. The Bertz CT molecular complexity index is 1630. The van der Waals surface area contributed by atoms with E-state index in [0.29, 0.717) is 29.3 Å².